The largest absolute Gasteiger partial charge is 0.396 e. The molecule has 1 atom stereocenters. The van der Waals surface area contributed by atoms with Gasteiger partial charge in [-0.15, -0.1) is 0 Å². The first-order valence-electron chi connectivity index (χ1n) is 7.46. The molecule has 1 fully saturated rings. The van der Waals surface area contributed by atoms with Crippen LogP contribution in [0.2, 0.25) is 10.0 Å². The van der Waals surface area contributed by atoms with Gasteiger partial charge in [0.05, 0.1) is 6.10 Å². The molecule has 118 valence electrons. The van der Waals surface area contributed by atoms with Crippen LogP contribution >= 0.6 is 23.2 Å². The van der Waals surface area contributed by atoms with Gasteiger partial charge in [-0.1, -0.05) is 36.2 Å². The van der Waals surface area contributed by atoms with Crippen molar-refractivity contribution in [2.24, 2.45) is 5.41 Å². The fraction of sp³-hybridized carbons (Fsp3) is 0.625. The Morgan fingerprint density at radius 1 is 1.29 bits per heavy atom. The van der Waals surface area contributed by atoms with Crippen LogP contribution in [0.4, 0.5) is 0 Å². The second kappa shape index (κ2) is 7.30. The Labute approximate surface area is 136 Å². The first kappa shape index (κ1) is 17.0. The first-order chi connectivity index (χ1) is 9.99. The number of hydrogen-bond donors (Lipinski definition) is 2. The van der Waals surface area contributed by atoms with Crippen molar-refractivity contribution in [1.82, 2.24) is 4.90 Å². The van der Waals surface area contributed by atoms with Gasteiger partial charge in [0.2, 0.25) is 0 Å². The summed E-state index contributed by atoms with van der Waals surface area (Å²) in [6.45, 7) is 4.75. The smallest absolute Gasteiger partial charge is 0.0931 e. The molecule has 0 aromatic heterocycles. The van der Waals surface area contributed by atoms with Gasteiger partial charge >= 0.3 is 0 Å². The minimum Gasteiger partial charge on any atom is -0.396 e. The van der Waals surface area contributed by atoms with Gasteiger partial charge < -0.3 is 15.1 Å². The van der Waals surface area contributed by atoms with Crippen molar-refractivity contribution in [3.63, 3.8) is 0 Å². The number of halogens is 2. The number of benzene rings is 1. The minimum absolute atomic E-state index is 0.0688. The first-order valence-corrected chi connectivity index (χ1v) is 8.21. The normalized spacial score (nSPS) is 20.4. The summed E-state index contributed by atoms with van der Waals surface area (Å²) in [5.41, 5.74) is 0.787. The quantitative estimate of drug-likeness (QED) is 0.867. The van der Waals surface area contributed by atoms with E-state index in [0.717, 1.165) is 37.9 Å². The number of likely N-dealkylation sites (tertiary alicyclic amines) is 1. The Morgan fingerprint density at radius 3 is 2.48 bits per heavy atom. The van der Waals surface area contributed by atoms with E-state index in [-0.39, 0.29) is 12.0 Å². The molecule has 5 heteroatoms. The van der Waals surface area contributed by atoms with E-state index in [4.69, 9.17) is 23.2 Å². The molecular weight excluding hydrogens is 309 g/mol. The lowest BCUT2D eigenvalue weighted by Crippen LogP contribution is -2.43. The standard InChI is InChI=1S/C16H23Cl2NO2/c1-2-16(11-20)5-7-19(8-6-16)10-15(21)13-4-3-12(17)9-14(13)18/h3-4,9,15,20-21H,2,5-8,10-11H2,1H3. The molecule has 0 spiro atoms. The molecule has 0 amide bonds. The van der Waals surface area contributed by atoms with E-state index in [2.05, 4.69) is 11.8 Å². The Kier molecular flexibility index (Phi) is 5.92. The van der Waals surface area contributed by atoms with Gasteiger partial charge in [0.1, 0.15) is 0 Å². The van der Waals surface area contributed by atoms with E-state index in [9.17, 15) is 10.2 Å². The van der Waals surface area contributed by atoms with Crippen molar-refractivity contribution >= 4 is 23.2 Å². The lowest BCUT2D eigenvalue weighted by molar-refractivity contribution is 0.0216. The van der Waals surface area contributed by atoms with Crippen LogP contribution in [-0.4, -0.2) is 41.4 Å². The summed E-state index contributed by atoms with van der Waals surface area (Å²) in [7, 11) is 0. The highest BCUT2D eigenvalue weighted by Crippen LogP contribution is 2.35. The summed E-state index contributed by atoms with van der Waals surface area (Å²) < 4.78 is 0. The molecule has 1 aliphatic heterocycles. The predicted molar refractivity (Wildman–Crippen MR) is 86.9 cm³/mol. The third kappa shape index (κ3) is 4.11. The Morgan fingerprint density at radius 2 is 1.95 bits per heavy atom. The van der Waals surface area contributed by atoms with Gasteiger partial charge in [0.25, 0.3) is 0 Å². The summed E-state index contributed by atoms with van der Waals surface area (Å²) in [4.78, 5) is 2.24. The lowest BCUT2D eigenvalue weighted by Gasteiger charge is -2.40. The van der Waals surface area contributed by atoms with Gasteiger partial charge in [-0.3, -0.25) is 0 Å². The molecule has 1 saturated heterocycles. The minimum atomic E-state index is -0.613. The van der Waals surface area contributed by atoms with Crippen LogP contribution < -0.4 is 0 Å². The lowest BCUT2D eigenvalue weighted by atomic mass is 9.77. The number of aliphatic hydroxyl groups is 2. The van der Waals surface area contributed by atoms with E-state index in [0.29, 0.717) is 16.6 Å². The highest BCUT2D eigenvalue weighted by molar-refractivity contribution is 6.35. The van der Waals surface area contributed by atoms with E-state index in [1.54, 1.807) is 18.2 Å². The van der Waals surface area contributed by atoms with Gasteiger partial charge in [0.15, 0.2) is 0 Å². The molecule has 0 bridgehead atoms. The molecule has 1 aliphatic rings. The van der Waals surface area contributed by atoms with Crippen LogP contribution in [0.25, 0.3) is 0 Å². The van der Waals surface area contributed by atoms with Crippen LogP contribution in [0.5, 0.6) is 0 Å². The Hall–Kier alpha value is -0.320. The second-order valence-electron chi connectivity index (χ2n) is 5.99. The summed E-state index contributed by atoms with van der Waals surface area (Å²) in [5.74, 6) is 0. The van der Waals surface area contributed by atoms with Crippen LogP contribution in [0.15, 0.2) is 18.2 Å². The van der Waals surface area contributed by atoms with E-state index >= 15 is 0 Å². The van der Waals surface area contributed by atoms with Crippen molar-refractivity contribution in [2.75, 3.05) is 26.2 Å². The number of nitrogens with zero attached hydrogens (tertiary/aromatic N) is 1. The van der Waals surface area contributed by atoms with E-state index in [1.165, 1.54) is 0 Å². The molecule has 1 aromatic carbocycles. The molecule has 3 nitrogen and oxygen atoms in total. The Bertz CT molecular complexity index is 467. The highest BCUT2D eigenvalue weighted by Gasteiger charge is 2.32. The average Bonchev–Trinajstić information content (AvgIpc) is 2.48. The molecule has 1 unspecified atom stereocenters. The average molecular weight is 332 g/mol. The molecule has 1 aromatic rings. The molecule has 0 saturated carbocycles. The van der Waals surface area contributed by atoms with Crippen LogP contribution in [0, 0.1) is 5.41 Å². The SMILES string of the molecule is CCC1(CO)CCN(CC(O)c2ccc(Cl)cc2Cl)CC1. The van der Waals surface area contributed by atoms with Gasteiger partial charge in [-0.05, 0) is 49.9 Å². The fourth-order valence-corrected chi connectivity index (χ4v) is 3.48. The maximum atomic E-state index is 10.4. The maximum absolute atomic E-state index is 10.4. The number of β-amino-alcohol motifs (C(OH)–C–C–N with tert-alkyl or cyclic N) is 1. The van der Waals surface area contributed by atoms with Gasteiger partial charge in [0, 0.05) is 28.8 Å². The molecule has 2 N–H and O–H groups in total. The third-order valence-corrected chi connectivity index (χ3v) is 5.32. The molecule has 2 rings (SSSR count). The molecule has 0 aliphatic carbocycles. The zero-order valence-electron chi connectivity index (χ0n) is 12.4. The molecule has 0 radical (unpaired) electrons. The predicted octanol–water partition coefficient (Wildman–Crippen LogP) is 3.51. The zero-order valence-corrected chi connectivity index (χ0v) is 13.9. The van der Waals surface area contributed by atoms with Crippen molar-refractivity contribution in [3.05, 3.63) is 33.8 Å². The topological polar surface area (TPSA) is 43.7 Å². The van der Waals surface area contributed by atoms with E-state index in [1.807, 2.05) is 0 Å². The molecule has 1 heterocycles. The van der Waals surface area contributed by atoms with E-state index < -0.39 is 6.10 Å². The second-order valence-corrected chi connectivity index (χ2v) is 6.84. The number of rotatable bonds is 5. The maximum Gasteiger partial charge on any atom is 0.0931 e. The summed E-state index contributed by atoms with van der Waals surface area (Å²) in [5, 5.41) is 21.0. The van der Waals surface area contributed by atoms with Crippen LogP contribution in [0.1, 0.15) is 37.9 Å². The third-order valence-electron chi connectivity index (χ3n) is 4.75. The molecule has 21 heavy (non-hydrogen) atoms. The van der Waals surface area contributed by atoms with Gasteiger partial charge in [-0.2, -0.15) is 0 Å². The number of piperidine rings is 1. The number of aliphatic hydroxyl groups excluding tert-OH is 2. The number of hydrogen-bond acceptors (Lipinski definition) is 3. The Balaban J connectivity index is 1.94. The van der Waals surface area contributed by atoms with Crippen molar-refractivity contribution in [2.45, 2.75) is 32.3 Å². The van der Waals surface area contributed by atoms with Crippen molar-refractivity contribution in [3.8, 4) is 0 Å². The van der Waals surface area contributed by atoms with Gasteiger partial charge in [-0.25, -0.2) is 0 Å². The summed E-state index contributed by atoms with van der Waals surface area (Å²) in [6.07, 6.45) is 2.34. The summed E-state index contributed by atoms with van der Waals surface area (Å²) >= 11 is 12.0. The van der Waals surface area contributed by atoms with Crippen LogP contribution in [-0.2, 0) is 0 Å². The van der Waals surface area contributed by atoms with Crippen molar-refractivity contribution in [1.29, 1.82) is 0 Å². The summed E-state index contributed by atoms with van der Waals surface area (Å²) in [6, 6.07) is 5.19. The van der Waals surface area contributed by atoms with Crippen LogP contribution in [0.3, 0.4) is 0 Å². The van der Waals surface area contributed by atoms with Crippen molar-refractivity contribution < 1.29 is 10.2 Å². The fourth-order valence-electron chi connectivity index (χ4n) is 2.95. The molecular formula is C16H23Cl2NO2. The zero-order chi connectivity index (χ0) is 15.5. The monoisotopic (exact) mass is 331 g/mol. The highest BCUT2D eigenvalue weighted by atomic mass is 35.5.